The van der Waals surface area contributed by atoms with Gasteiger partial charge in [0.25, 0.3) is 0 Å². The summed E-state index contributed by atoms with van der Waals surface area (Å²) in [5.41, 5.74) is 0.385. The van der Waals surface area contributed by atoms with E-state index >= 15 is 0 Å². The highest BCUT2D eigenvalue weighted by Crippen LogP contribution is 2.34. The highest BCUT2D eigenvalue weighted by Gasteiger charge is 2.42. The number of aryl methyl sites for hydroxylation is 1. The lowest BCUT2D eigenvalue weighted by Gasteiger charge is -2.28. The molecule has 30 heavy (non-hydrogen) atoms. The van der Waals surface area contributed by atoms with Gasteiger partial charge in [-0.3, -0.25) is 9.69 Å². The zero-order valence-electron chi connectivity index (χ0n) is 17.9. The molecule has 1 saturated heterocycles. The third kappa shape index (κ3) is 5.30. The number of nitrogens with zero attached hydrogens (tertiary/aromatic N) is 4. The molecule has 0 aliphatic carbocycles. The topological polar surface area (TPSA) is 86.5 Å². The van der Waals surface area contributed by atoms with Crippen LogP contribution in [0.25, 0.3) is 0 Å². The largest absolute Gasteiger partial charge is 0.461 e. The first kappa shape index (κ1) is 22.1. The van der Waals surface area contributed by atoms with Crippen molar-refractivity contribution in [2.45, 2.75) is 65.3 Å². The van der Waals surface area contributed by atoms with Crippen molar-refractivity contribution in [1.29, 1.82) is 0 Å². The molecule has 1 unspecified atom stereocenters. The third-order valence-electron chi connectivity index (χ3n) is 4.74. The van der Waals surface area contributed by atoms with Crippen molar-refractivity contribution in [3.63, 3.8) is 0 Å². The highest BCUT2D eigenvalue weighted by atomic mass is 35.5. The van der Waals surface area contributed by atoms with E-state index in [1.54, 1.807) is 4.90 Å². The van der Waals surface area contributed by atoms with Gasteiger partial charge >= 0.3 is 12.1 Å². The molecule has 1 amide bonds. The third-order valence-corrected chi connectivity index (χ3v) is 4.99. The summed E-state index contributed by atoms with van der Waals surface area (Å²) in [4.78, 5) is 25.9. The molecule has 1 aliphatic rings. The Morgan fingerprint density at radius 3 is 2.47 bits per heavy atom. The standard InChI is InChI=1S/C21H27ClN4O4/c1-13-23-24-19(25(13)11-15-6-8-16(22)9-7-15)18-10-17(29-14(2)27)12-26(18)20(28)30-21(3,4)5/h6-9,17-18H,10-12H2,1-5H3/t17?,18-/m1/s1. The minimum atomic E-state index is -0.645. The van der Waals surface area contributed by atoms with Gasteiger partial charge in [0.15, 0.2) is 5.82 Å². The summed E-state index contributed by atoms with van der Waals surface area (Å²) < 4.78 is 12.9. The van der Waals surface area contributed by atoms with Crippen molar-refractivity contribution in [2.24, 2.45) is 0 Å². The van der Waals surface area contributed by atoms with Crippen LogP contribution < -0.4 is 0 Å². The molecular weight excluding hydrogens is 408 g/mol. The molecule has 0 bridgehead atoms. The number of amides is 1. The molecule has 1 fully saturated rings. The van der Waals surface area contributed by atoms with E-state index in [4.69, 9.17) is 21.1 Å². The van der Waals surface area contributed by atoms with Gasteiger partial charge in [-0.2, -0.15) is 0 Å². The van der Waals surface area contributed by atoms with Crippen molar-refractivity contribution in [3.8, 4) is 0 Å². The van der Waals surface area contributed by atoms with Gasteiger partial charge in [-0.1, -0.05) is 23.7 Å². The lowest BCUT2D eigenvalue weighted by Crippen LogP contribution is -2.38. The van der Waals surface area contributed by atoms with Crippen LogP contribution in [0, 0.1) is 6.92 Å². The number of carbonyl (C=O) groups excluding carboxylic acids is 2. The Morgan fingerprint density at radius 2 is 1.87 bits per heavy atom. The fourth-order valence-electron chi connectivity index (χ4n) is 3.50. The maximum atomic E-state index is 12.9. The van der Waals surface area contributed by atoms with Crippen molar-refractivity contribution in [2.75, 3.05) is 6.54 Å². The van der Waals surface area contributed by atoms with Gasteiger partial charge < -0.3 is 14.0 Å². The Bertz CT molecular complexity index is 920. The van der Waals surface area contributed by atoms with Crippen molar-refractivity contribution >= 4 is 23.7 Å². The number of aromatic nitrogens is 3. The van der Waals surface area contributed by atoms with Crippen LogP contribution in [-0.2, 0) is 20.8 Å². The fraction of sp³-hybridized carbons (Fsp3) is 0.524. The molecule has 9 heteroatoms. The molecule has 2 atom stereocenters. The van der Waals surface area contributed by atoms with Crippen LogP contribution in [0.15, 0.2) is 24.3 Å². The molecule has 2 aromatic rings. The predicted octanol–water partition coefficient (Wildman–Crippen LogP) is 3.90. The molecule has 162 valence electrons. The van der Waals surface area contributed by atoms with Crippen LogP contribution in [0.3, 0.4) is 0 Å². The first-order chi connectivity index (χ1) is 14.0. The summed E-state index contributed by atoms with van der Waals surface area (Å²) in [7, 11) is 0. The molecule has 0 radical (unpaired) electrons. The van der Waals surface area contributed by atoms with Crippen molar-refractivity contribution < 1.29 is 19.1 Å². The Labute approximate surface area is 181 Å². The number of hydrogen-bond donors (Lipinski definition) is 0. The molecular formula is C21H27ClN4O4. The average molecular weight is 435 g/mol. The van der Waals surface area contributed by atoms with Gasteiger partial charge in [-0.05, 0) is 45.4 Å². The second kappa shape index (κ2) is 8.63. The predicted molar refractivity (Wildman–Crippen MR) is 111 cm³/mol. The number of carbonyl (C=O) groups is 2. The average Bonchev–Trinajstić information content (AvgIpc) is 3.19. The summed E-state index contributed by atoms with van der Waals surface area (Å²) in [5.74, 6) is 0.964. The first-order valence-electron chi connectivity index (χ1n) is 9.84. The summed E-state index contributed by atoms with van der Waals surface area (Å²) >= 11 is 5.99. The molecule has 2 heterocycles. The van der Waals surface area contributed by atoms with Crippen LogP contribution in [-0.4, -0.2) is 50.0 Å². The van der Waals surface area contributed by atoms with E-state index in [-0.39, 0.29) is 12.5 Å². The Morgan fingerprint density at radius 1 is 1.20 bits per heavy atom. The van der Waals surface area contributed by atoms with Crippen molar-refractivity contribution in [3.05, 3.63) is 46.5 Å². The van der Waals surface area contributed by atoms with Crippen LogP contribution >= 0.6 is 11.6 Å². The monoisotopic (exact) mass is 434 g/mol. The highest BCUT2D eigenvalue weighted by molar-refractivity contribution is 6.30. The molecule has 1 aromatic carbocycles. The molecule has 1 aliphatic heterocycles. The SMILES string of the molecule is CC(=O)OC1C[C@H](c2nnc(C)n2Cc2ccc(Cl)cc2)N(C(=O)OC(C)(C)C)C1. The minimum Gasteiger partial charge on any atom is -0.461 e. The van der Waals surface area contributed by atoms with Gasteiger partial charge in [0.1, 0.15) is 17.5 Å². The molecule has 8 nitrogen and oxygen atoms in total. The molecule has 0 N–H and O–H groups in total. The Kier molecular flexibility index (Phi) is 6.36. The quantitative estimate of drug-likeness (QED) is 0.678. The first-order valence-corrected chi connectivity index (χ1v) is 10.2. The van der Waals surface area contributed by atoms with E-state index in [0.29, 0.717) is 23.8 Å². The van der Waals surface area contributed by atoms with Gasteiger partial charge in [-0.15, -0.1) is 10.2 Å². The maximum absolute atomic E-state index is 12.9. The minimum absolute atomic E-state index is 0.242. The van der Waals surface area contributed by atoms with Crippen LogP contribution in [0.4, 0.5) is 4.79 Å². The Balaban J connectivity index is 1.91. The van der Waals surface area contributed by atoms with Gasteiger partial charge in [0, 0.05) is 18.4 Å². The smallest absolute Gasteiger partial charge is 0.411 e. The fourth-order valence-corrected chi connectivity index (χ4v) is 3.62. The van der Waals surface area contributed by atoms with Crippen LogP contribution in [0.5, 0.6) is 0 Å². The lowest BCUT2D eigenvalue weighted by atomic mass is 10.1. The summed E-state index contributed by atoms with van der Waals surface area (Å²) in [5, 5.41) is 9.24. The van der Waals surface area contributed by atoms with E-state index < -0.39 is 23.8 Å². The number of hydrogen-bond acceptors (Lipinski definition) is 6. The van der Waals surface area contributed by atoms with Gasteiger partial charge in [0.2, 0.25) is 0 Å². The van der Waals surface area contributed by atoms with Gasteiger partial charge in [0.05, 0.1) is 19.1 Å². The number of likely N-dealkylation sites (tertiary alicyclic amines) is 1. The number of ether oxygens (including phenoxy) is 2. The molecule has 0 saturated carbocycles. The normalized spacial score (nSPS) is 19.1. The second-order valence-corrected chi connectivity index (χ2v) is 8.87. The molecule has 3 rings (SSSR count). The van der Waals surface area contributed by atoms with E-state index in [9.17, 15) is 9.59 Å². The summed E-state index contributed by atoms with van der Waals surface area (Å²) in [6.07, 6.45) is -0.473. The van der Waals surface area contributed by atoms with E-state index in [2.05, 4.69) is 10.2 Å². The second-order valence-electron chi connectivity index (χ2n) is 8.43. The lowest BCUT2D eigenvalue weighted by molar-refractivity contribution is -0.145. The number of rotatable bonds is 4. The number of benzene rings is 1. The number of halogens is 1. The summed E-state index contributed by atoms with van der Waals surface area (Å²) in [6.45, 7) is 9.43. The molecule has 0 spiro atoms. The number of esters is 1. The van der Waals surface area contributed by atoms with E-state index in [1.807, 2.05) is 56.5 Å². The Hall–Kier alpha value is -2.61. The maximum Gasteiger partial charge on any atom is 0.411 e. The van der Waals surface area contributed by atoms with Crippen LogP contribution in [0.1, 0.15) is 57.4 Å². The molecule has 1 aromatic heterocycles. The summed E-state index contributed by atoms with van der Waals surface area (Å²) in [6, 6.07) is 7.12. The van der Waals surface area contributed by atoms with Crippen molar-refractivity contribution in [1.82, 2.24) is 19.7 Å². The van der Waals surface area contributed by atoms with E-state index in [0.717, 1.165) is 11.4 Å². The van der Waals surface area contributed by atoms with Gasteiger partial charge in [-0.25, -0.2) is 4.79 Å². The zero-order valence-corrected chi connectivity index (χ0v) is 18.6. The van der Waals surface area contributed by atoms with Crippen LogP contribution in [0.2, 0.25) is 5.02 Å². The zero-order chi connectivity index (χ0) is 22.1. The van der Waals surface area contributed by atoms with E-state index in [1.165, 1.54) is 6.92 Å².